The van der Waals surface area contributed by atoms with Gasteiger partial charge < -0.3 is 5.73 Å². The van der Waals surface area contributed by atoms with Crippen molar-refractivity contribution in [3.05, 3.63) is 30.6 Å². The summed E-state index contributed by atoms with van der Waals surface area (Å²) in [7, 11) is 0. The molecule has 2 N–H and O–H groups in total. The lowest BCUT2D eigenvalue weighted by atomic mass is 10.5. The number of nitrogens with zero attached hydrogens (tertiary/aromatic N) is 2. The summed E-state index contributed by atoms with van der Waals surface area (Å²) >= 11 is 0. The third-order valence-corrected chi connectivity index (χ3v) is 0.566. The van der Waals surface area contributed by atoms with Gasteiger partial charge in [0.1, 0.15) is 0 Å². The van der Waals surface area contributed by atoms with E-state index in [-0.39, 0.29) is 4.70 Å². The Kier molecular flexibility index (Phi) is 11.6. The summed E-state index contributed by atoms with van der Waals surface area (Å²) in [4.78, 5) is 3.78. The first-order chi connectivity index (χ1) is 4.41. The van der Waals surface area contributed by atoms with E-state index in [1.165, 1.54) is 6.19 Å². The van der Waals surface area contributed by atoms with Crippen LogP contribution in [0.2, 0.25) is 0 Å². The van der Waals surface area contributed by atoms with Crippen molar-refractivity contribution >= 4 is 0 Å². The van der Waals surface area contributed by atoms with Gasteiger partial charge in [0, 0.05) is 12.4 Å². The van der Waals surface area contributed by atoms with E-state index < -0.39 is 0 Å². The molecule has 0 aliphatic heterocycles. The molecule has 0 aliphatic rings. The van der Waals surface area contributed by atoms with Gasteiger partial charge in [0.05, 0.1) is 0 Å². The highest BCUT2D eigenvalue weighted by atomic mass is 19.0. The molecule has 1 heterocycles. The molecule has 0 aliphatic carbocycles. The van der Waals surface area contributed by atoms with Gasteiger partial charge in [-0.05, 0) is 12.1 Å². The van der Waals surface area contributed by atoms with Gasteiger partial charge in [0.15, 0.2) is 6.19 Å². The second kappa shape index (κ2) is 10.4. The molecule has 0 radical (unpaired) electrons. The third-order valence-electron chi connectivity index (χ3n) is 0.566. The van der Waals surface area contributed by atoms with Crippen LogP contribution in [0.4, 0.5) is 4.70 Å². The fraction of sp³-hybridized carbons (Fsp3) is 0. The maximum absolute atomic E-state index is 7.10. The minimum atomic E-state index is 0. The Bertz CT molecular complexity index is 143. The van der Waals surface area contributed by atoms with Crippen molar-refractivity contribution in [3.8, 4) is 6.19 Å². The lowest BCUT2D eigenvalue weighted by Crippen LogP contribution is -1.69. The number of pyridine rings is 1. The normalized spacial score (nSPS) is 5.50. The van der Waals surface area contributed by atoms with Crippen LogP contribution < -0.4 is 5.73 Å². The van der Waals surface area contributed by atoms with Crippen LogP contribution in [0.25, 0.3) is 0 Å². The number of nitrogens with two attached hydrogens (primary N) is 1. The first-order valence-corrected chi connectivity index (χ1v) is 2.36. The van der Waals surface area contributed by atoms with Crippen molar-refractivity contribution in [1.29, 1.82) is 5.26 Å². The van der Waals surface area contributed by atoms with Crippen molar-refractivity contribution in [1.82, 2.24) is 4.98 Å². The SMILES string of the molecule is F.N#CN.c1ccncc1. The first kappa shape index (κ1) is 11.2. The quantitative estimate of drug-likeness (QED) is 0.426. The average molecular weight is 141 g/mol. The molecule has 0 amide bonds. The van der Waals surface area contributed by atoms with Crippen LogP contribution in [0.15, 0.2) is 30.6 Å². The minimum absolute atomic E-state index is 0. The number of hydrogen-bond acceptors (Lipinski definition) is 3. The van der Waals surface area contributed by atoms with E-state index in [2.05, 4.69) is 10.7 Å². The highest BCUT2D eigenvalue weighted by molar-refractivity contribution is 4.88. The van der Waals surface area contributed by atoms with Crippen molar-refractivity contribution in [2.45, 2.75) is 0 Å². The Balaban J connectivity index is 0. The number of halogens is 1. The molecule has 0 saturated heterocycles. The molecular weight excluding hydrogens is 133 g/mol. The molecular formula is C6H8FN3. The second-order valence-electron chi connectivity index (χ2n) is 1.15. The zero-order chi connectivity index (χ0) is 6.95. The zero-order valence-corrected chi connectivity index (χ0v) is 5.27. The molecule has 0 unspecified atom stereocenters. The molecule has 0 aromatic carbocycles. The summed E-state index contributed by atoms with van der Waals surface area (Å²) < 4.78 is 0. The van der Waals surface area contributed by atoms with Crippen molar-refractivity contribution in [2.75, 3.05) is 0 Å². The highest BCUT2D eigenvalue weighted by Crippen LogP contribution is 1.73. The molecule has 1 aromatic heterocycles. The maximum atomic E-state index is 7.10. The summed E-state index contributed by atoms with van der Waals surface area (Å²) in [5, 5.41) is 7.10. The summed E-state index contributed by atoms with van der Waals surface area (Å²) in [6.07, 6.45) is 4.75. The maximum Gasteiger partial charge on any atom is 0.173 e. The molecule has 4 heteroatoms. The molecule has 3 nitrogen and oxygen atoms in total. The fourth-order valence-electron chi connectivity index (χ4n) is 0.313. The van der Waals surface area contributed by atoms with Crippen LogP contribution in [-0.4, -0.2) is 4.98 Å². The van der Waals surface area contributed by atoms with Crippen LogP contribution >= 0.6 is 0 Å². The Morgan fingerprint density at radius 3 is 1.70 bits per heavy atom. The lowest BCUT2D eigenvalue weighted by molar-refractivity contribution is 1.11. The van der Waals surface area contributed by atoms with Gasteiger partial charge in [0.25, 0.3) is 0 Å². The Labute approximate surface area is 58.5 Å². The molecule has 1 aromatic rings. The predicted molar refractivity (Wildman–Crippen MR) is 36.5 cm³/mol. The monoisotopic (exact) mass is 141 g/mol. The smallest absolute Gasteiger partial charge is 0.173 e. The third kappa shape index (κ3) is 9.62. The molecule has 0 bridgehead atoms. The molecule has 0 saturated carbocycles. The van der Waals surface area contributed by atoms with E-state index in [0.717, 1.165) is 0 Å². The first-order valence-electron chi connectivity index (χ1n) is 2.36. The lowest BCUT2D eigenvalue weighted by Gasteiger charge is -1.70. The molecule has 0 fully saturated rings. The largest absolute Gasteiger partial charge is 0.337 e. The van der Waals surface area contributed by atoms with E-state index in [1.54, 1.807) is 12.4 Å². The number of aromatic nitrogens is 1. The standard InChI is InChI=1S/C5H5N.CH2N2.FH/c1-2-4-6-5-3-1;2-1-3;/h1-5H;2H2;1H. The number of nitriles is 1. The summed E-state index contributed by atoms with van der Waals surface area (Å²) in [6.45, 7) is 0. The van der Waals surface area contributed by atoms with Gasteiger partial charge in [-0.15, -0.1) is 0 Å². The molecule has 54 valence electrons. The van der Waals surface area contributed by atoms with Gasteiger partial charge in [-0.3, -0.25) is 9.69 Å². The highest BCUT2D eigenvalue weighted by Gasteiger charge is 1.58. The van der Waals surface area contributed by atoms with Gasteiger partial charge in [-0.1, -0.05) is 6.07 Å². The van der Waals surface area contributed by atoms with Crippen LogP contribution in [0.1, 0.15) is 0 Å². The number of hydrogen-bond donors (Lipinski definition) is 1. The molecule has 0 atom stereocenters. The second-order valence-corrected chi connectivity index (χ2v) is 1.15. The average Bonchev–Trinajstić information content (AvgIpc) is 1.93. The van der Waals surface area contributed by atoms with Crippen LogP contribution in [0, 0.1) is 11.5 Å². The van der Waals surface area contributed by atoms with Crippen molar-refractivity contribution in [3.63, 3.8) is 0 Å². The van der Waals surface area contributed by atoms with Gasteiger partial charge in [-0.2, -0.15) is 5.26 Å². The Morgan fingerprint density at radius 1 is 1.20 bits per heavy atom. The topological polar surface area (TPSA) is 62.7 Å². The molecule has 1 rings (SSSR count). The van der Waals surface area contributed by atoms with Crippen LogP contribution in [-0.2, 0) is 0 Å². The van der Waals surface area contributed by atoms with Crippen LogP contribution in [0.3, 0.4) is 0 Å². The summed E-state index contributed by atoms with van der Waals surface area (Å²) in [5.41, 5.74) is 4.15. The molecule has 10 heavy (non-hydrogen) atoms. The van der Waals surface area contributed by atoms with Crippen LogP contribution in [0.5, 0.6) is 0 Å². The van der Waals surface area contributed by atoms with Gasteiger partial charge in [-0.25, -0.2) is 0 Å². The van der Waals surface area contributed by atoms with E-state index in [4.69, 9.17) is 5.26 Å². The summed E-state index contributed by atoms with van der Waals surface area (Å²) in [5.74, 6) is 0. The van der Waals surface area contributed by atoms with Gasteiger partial charge >= 0.3 is 0 Å². The van der Waals surface area contributed by atoms with Crippen molar-refractivity contribution in [2.24, 2.45) is 5.73 Å². The van der Waals surface area contributed by atoms with Crippen molar-refractivity contribution < 1.29 is 4.70 Å². The Morgan fingerprint density at radius 2 is 1.60 bits per heavy atom. The zero-order valence-electron chi connectivity index (χ0n) is 5.27. The van der Waals surface area contributed by atoms with Gasteiger partial charge in [0.2, 0.25) is 0 Å². The Hall–Kier alpha value is -1.63. The van der Waals surface area contributed by atoms with E-state index >= 15 is 0 Å². The predicted octanol–water partition coefficient (Wildman–Crippen LogP) is 0.660. The summed E-state index contributed by atoms with van der Waals surface area (Å²) in [6, 6.07) is 5.72. The fourth-order valence-corrected chi connectivity index (χ4v) is 0.313. The van der Waals surface area contributed by atoms with E-state index in [0.29, 0.717) is 0 Å². The minimum Gasteiger partial charge on any atom is -0.337 e. The number of rotatable bonds is 0. The van der Waals surface area contributed by atoms with E-state index in [9.17, 15) is 0 Å². The van der Waals surface area contributed by atoms with E-state index in [1.807, 2.05) is 18.2 Å². The molecule has 0 spiro atoms.